The SMILES string of the molecule is CCCn1c(SC(c2ccco2)C(C)N)n[nH]c1=O. The van der Waals surface area contributed by atoms with Crippen molar-refractivity contribution in [2.45, 2.75) is 43.3 Å². The number of rotatable bonds is 6. The third kappa shape index (κ3) is 3.10. The van der Waals surface area contributed by atoms with Crippen molar-refractivity contribution >= 4 is 11.8 Å². The quantitative estimate of drug-likeness (QED) is 0.788. The minimum Gasteiger partial charge on any atom is -0.468 e. The van der Waals surface area contributed by atoms with Gasteiger partial charge in [-0.15, -0.1) is 5.10 Å². The molecule has 104 valence electrons. The highest BCUT2D eigenvalue weighted by Crippen LogP contribution is 2.35. The highest BCUT2D eigenvalue weighted by molar-refractivity contribution is 7.99. The molecule has 0 bridgehead atoms. The number of nitrogens with one attached hydrogen (secondary N) is 1. The van der Waals surface area contributed by atoms with E-state index in [1.54, 1.807) is 10.8 Å². The lowest BCUT2D eigenvalue weighted by Crippen LogP contribution is -2.23. The van der Waals surface area contributed by atoms with Gasteiger partial charge in [0.2, 0.25) is 0 Å². The summed E-state index contributed by atoms with van der Waals surface area (Å²) in [6.45, 7) is 4.57. The summed E-state index contributed by atoms with van der Waals surface area (Å²) in [6.07, 6.45) is 2.49. The highest BCUT2D eigenvalue weighted by atomic mass is 32.2. The molecular formula is C12H18N4O2S. The lowest BCUT2D eigenvalue weighted by molar-refractivity contribution is 0.485. The van der Waals surface area contributed by atoms with E-state index in [0.717, 1.165) is 12.2 Å². The van der Waals surface area contributed by atoms with Crippen LogP contribution < -0.4 is 11.4 Å². The van der Waals surface area contributed by atoms with Crippen LogP contribution in [-0.4, -0.2) is 20.8 Å². The fourth-order valence-corrected chi connectivity index (χ4v) is 2.90. The summed E-state index contributed by atoms with van der Waals surface area (Å²) in [4.78, 5) is 11.6. The van der Waals surface area contributed by atoms with Gasteiger partial charge in [0.05, 0.1) is 11.5 Å². The van der Waals surface area contributed by atoms with Crippen LogP contribution in [0.2, 0.25) is 0 Å². The second-order valence-corrected chi connectivity index (χ2v) is 5.48. The van der Waals surface area contributed by atoms with Crippen molar-refractivity contribution in [3.63, 3.8) is 0 Å². The smallest absolute Gasteiger partial charge is 0.343 e. The summed E-state index contributed by atoms with van der Waals surface area (Å²) >= 11 is 1.44. The van der Waals surface area contributed by atoms with E-state index in [1.165, 1.54) is 11.8 Å². The first kappa shape index (κ1) is 14.0. The topological polar surface area (TPSA) is 89.8 Å². The van der Waals surface area contributed by atoms with Crippen LogP contribution in [0.25, 0.3) is 0 Å². The van der Waals surface area contributed by atoms with Gasteiger partial charge >= 0.3 is 5.69 Å². The number of furan rings is 1. The molecule has 2 aromatic rings. The number of H-pyrrole nitrogens is 1. The molecule has 0 radical (unpaired) electrons. The van der Waals surface area contributed by atoms with Crippen LogP contribution in [0, 0.1) is 0 Å². The zero-order chi connectivity index (χ0) is 13.8. The predicted molar refractivity (Wildman–Crippen MR) is 74.1 cm³/mol. The molecule has 19 heavy (non-hydrogen) atoms. The Bertz CT molecular complexity index is 559. The normalized spacial score (nSPS) is 14.5. The van der Waals surface area contributed by atoms with Crippen molar-refractivity contribution < 1.29 is 4.42 Å². The average Bonchev–Trinajstić information content (AvgIpc) is 2.99. The highest BCUT2D eigenvalue weighted by Gasteiger charge is 2.23. The maximum Gasteiger partial charge on any atom is 0.343 e. The molecule has 0 saturated heterocycles. The second-order valence-electron chi connectivity index (χ2n) is 4.38. The van der Waals surface area contributed by atoms with Crippen LogP contribution in [-0.2, 0) is 6.54 Å². The maximum atomic E-state index is 11.6. The molecule has 0 fully saturated rings. The Balaban J connectivity index is 2.25. The van der Waals surface area contributed by atoms with Gasteiger partial charge in [-0.3, -0.25) is 4.57 Å². The monoisotopic (exact) mass is 282 g/mol. The summed E-state index contributed by atoms with van der Waals surface area (Å²) in [5.41, 5.74) is 5.81. The fourth-order valence-electron chi connectivity index (χ4n) is 1.81. The van der Waals surface area contributed by atoms with E-state index < -0.39 is 0 Å². The van der Waals surface area contributed by atoms with Crippen LogP contribution in [0.5, 0.6) is 0 Å². The summed E-state index contributed by atoms with van der Waals surface area (Å²) in [7, 11) is 0. The van der Waals surface area contributed by atoms with E-state index in [2.05, 4.69) is 10.2 Å². The van der Waals surface area contributed by atoms with Crippen molar-refractivity contribution in [2.75, 3.05) is 0 Å². The van der Waals surface area contributed by atoms with Gasteiger partial charge < -0.3 is 10.2 Å². The molecule has 2 heterocycles. The molecule has 2 unspecified atom stereocenters. The van der Waals surface area contributed by atoms with Gasteiger partial charge in [0.25, 0.3) is 0 Å². The summed E-state index contributed by atoms with van der Waals surface area (Å²) in [6, 6.07) is 3.60. The van der Waals surface area contributed by atoms with E-state index in [9.17, 15) is 4.79 Å². The summed E-state index contributed by atoms with van der Waals surface area (Å²) in [5, 5.41) is 7.11. The first-order chi connectivity index (χ1) is 9.13. The van der Waals surface area contributed by atoms with Gasteiger partial charge in [0.1, 0.15) is 5.76 Å². The molecule has 0 aliphatic heterocycles. The summed E-state index contributed by atoms with van der Waals surface area (Å²) in [5.74, 6) is 0.790. The second kappa shape index (κ2) is 6.12. The fraction of sp³-hybridized carbons (Fsp3) is 0.500. The molecule has 2 aromatic heterocycles. The van der Waals surface area contributed by atoms with Gasteiger partial charge in [-0.25, -0.2) is 9.89 Å². The van der Waals surface area contributed by atoms with E-state index in [-0.39, 0.29) is 17.0 Å². The van der Waals surface area contributed by atoms with E-state index in [0.29, 0.717) is 11.7 Å². The third-order valence-electron chi connectivity index (χ3n) is 2.70. The Labute approximate surface area is 115 Å². The molecule has 3 N–H and O–H groups in total. The van der Waals surface area contributed by atoms with Gasteiger partial charge in [-0.2, -0.15) is 0 Å². The molecule has 0 saturated carbocycles. The number of aromatic amines is 1. The first-order valence-electron chi connectivity index (χ1n) is 6.24. The largest absolute Gasteiger partial charge is 0.468 e. The molecule has 2 rings (SSSR count). The van der Waals surface area contributed by atoms with Gasteiger partial charge in [0.15, 0.2) is 5.16 Å². The lowest BCUT2D eigenvalue weighted by Gasteiger charge is -2.17. The summed E-state index contributed by atoms with van der Waals surface area (Å²) < 4.78 is 7.04. The Morgan fingerprint density at radius 3 is 3.00 bits per heavy atom. The molecule has 6 nitrogen and oxygen atoms in total. The number of nitrogens with two attached hydrogens (primary N) is 1. The van der Waals surface area contributed by atoms with Crippen molar-refractivity contribution in [1.29, 1.82) is 0 Å². The van der Waals surface area contributed by atoms with Crippen molar-refractivity contribution in [2.24, 2.45) is 5.73 Å². The number of hydrogen-bond donors (Lipinski definition) is 2. The standard InChI is InChI=1S/C12H18N4O2S/c1-3-6-16-11(17)14-15-12(16)19-10(8(2)13)9-5-4-7-18-9/h4-5,7-8,10H,3,6,13H2,1-2H3,(H,14,17). The molecular weight excluding hydrogens is 264 g/mol. The number of aromatic nitrogens is 3. The Morgan fingerprint density at radius 1 is 1.63 bits per heavy atom. The molecule has 0 spiro atoms. The molecule has 7 heteroatoms. The lowest BCUT2D eigenvalue weighted by atomic mass is 10.2. The number of hydrogen-bond acceptors (Lipinski definition) is 5. The van der Waals surface area contributed by atoms with E-state index in [4.69, 9.17) is 10.2 Å². The Kier molecular flexibility index (Phi) is 4.49. The number of nitrogens with zero attached hydrogens (tertiary/aromatic N) is 2. The maximum absolute atomic E-state index is 11.6. The molecule has 0 aromatic carbocycles. The molecule has 0 aliphatic rings. The van der Waals surface area contributed by atoms with E-state index in [1.807, 2.05) is 26.0 Å². The zero-order valence-electron chi connectivity index (χ0n) is 11.0. The zero-order valence-corrected chi connectivity index (χ0v) is 11.8. The molecule has 0 amide bonds. The Morgan fingerprint density at radius 2 is 2.42 bits per heavy atom. The van der Waals surface area contributed by atoms with Crippen LogP contribution in [0.3, 0.4) is 0 Å². The molecule has 2 atom stereocenters. The average molecular weight is 282 g/mol. The van der Waals surface area contributed by atoms with Crippen molar-refractivity contribution in [3.8, 4) is 0 Å². The van der Waals surface area contributed by atoms with Crippen molar-refractivity contribution in [3.05, 3.63) is 34.6 Å². The van der Waals surface area contributed by atoms with Gasteiger partial charge in [-0.05, 0) is 25.5 Å². The van der Waals surface area contributed by atoms with Crippen LogP contribution in [0.4, 0.5) is 0 Å². The van der Waals surface area contributed by atoms with Gasteiger partial charge in [-0.1, -0.05) is 18.7 Å². The minimum absolute atomic E-state index is 0.0687. The molecule has 0 aliphatic carbocycles. The van der Waals surface area contributed by atoms with Crippen molar-refractivity contribution in [1.82, 2.24) is 14.8 Å². The Hall–Kier alpha value is -1.47. The van der Waals surface area contributed by atoms with Crippen LogP contribution >= 0.6 is 11.8 Å². The van der Waals surface area contributed by atoms with Crippen LogP contribution in [0.1, 0.15) is 31.3 Å². The number of thioether (sulfide) groups is 1. The minimum atomic E-state index is -0.188. The van der Waals surface area contributed by atoms with E-state index >= 15 is 0 Å². The predicted octanol–water partition coefficient (Wildman–Crippen LogP) is 1.75. The first-order valence-corrected chi connectivity index (χ1v) is 7.12. The van der Waals surface area contributed by atoms with Gasteiger partial charge in [0, 0.05) is 12.6 Å². The van der Waals surface area contributed by atoms with Crippen LogP contribution in [0.15, 0.2) is 32.8 Å². The third-order valence-corrected chi connectivity index (χ3v) is 4.14.